The van der Waals surface area contributed by atoms with E-state index >= 15 is 0 Å². The zero-order valence-corrected chi connectivity index (χ0v) is 15.8. The summed E-state index contributed by atoms with van der Waals surface area (Å²) in [6.07, 6.45) is 4.51. The first-order valence-corrected chi connectivity index (χ1v) is 9.65. The maximum absolute atomic E-state index is 13.0. The predicted octanol–water partition coefficient (Wildman–Crippen LogP) is 3.62. The zero-order chi connectivity index (χ0) is 20.4. The van der Waals surface area contributed by atoms with E-state index in [1.807, 2.05) is 30.3 Å². The zero-order valence-electron chi connectivity index (χ0n) is 15.8. The topological polar surface area (TPSA) is 93.1 Å². The number of rotatable bonds is 1. The number of aromatic hydroxyl groups is 2. The summed E-state index contributed by atoms with van der Waals surface area (Å²) in [6, 6.07) is 11.7. The van der Waals surface area contributed by atoms with Gasteiger partial charge >= 0.3 is 5.97 Å². The standard InChI is InChI=1S/C23H22O6/c24-16-7-4-8-18-12-19(28-18)13-21(14-5-2-1-3-6-14)29-23(27)22-15(9-16)10-17(25)11-20(22)26/h1-7,10-11,18-19,21,25-26H,8-9,12-13H2/b7-4+/t18?,19?,21-/m1/s1. The summed E-state index contributed by atoms with van der Waals surface area (Å²) >= 11 is 0. The van der Waals surface area contributed by atoms with Gasteiger partial charge in [-0.25, -0.2) is 4.79 Å². The van der Waals surface area contributed by atoms with Crippen LogP contribution in [0.5, 0.6) is 11.5 Å². The van der Waals surface area contributed by atoms with Crippen molar-refractivity contribution in [2.75, 3.05) is 0 Å². The lowest BCUT2D eigenvalue weighted by Crippen LogP contribution is -2.38. The van der Waals surface area contributed by atoms with Crippen LogP contribution in [0.1, 0.15) is 46.9 Å². The number of ether oxygens (including phenoxy) is 2. The summed E-state index contributed by atoms with van der Waals surface area (Å²) in [7, 11) is 0. The molecule has 2 bridgehead atoms. The van der Waals surface area contributed by atoms with Gasteiger partial charge in [0.15, 0.2) is 5.78 Å². The number of carbonyl (C=O) groups excluding carboxylic acids is 2. The minimum atomic E-state index is -0.740. The van der Waals surface area contributed by atoms with Crippen molar-refractivity contribution in [1.29, 1.82) is 0 Å². The van der Waals surface area contributed by atoms with E-state index in [0.717, 1.165) is 18.1 Å². The minimum absolute atomic E-state index is 0.0436. The number of phenols is 2. The maximum Gasteiger partial charge on any atom is 0.342 e. The van der Waals surface area contributed by atoms with Gasteiger partial charge in [-0.15, -0.1) is 0 Å². The van der Waals surface area contributed by atoms with Crippen LogP contribution in [0, 0.1) is 0 Å². The summed E-state index contributed by atoms with van der Waals surface area (Å²) in [5, 5.41) is 20.1. The van der Waals surface area contributed by atoms with Gasteiger partial charge in [-0.1, -0.05) is 36.4 Å². The first-order chi connectivity index (χ1) is 14.0. The number of fused-ring (bicyclic) bond motifs is 6. The van der Waals surface area contributed by atoms with Gasteiger partial charge in [0.1, 0.15) is 23.2 Å². The van der Waals surface area contributed by atoms with Gasteiger partial charge in [0.2, 0.25) is 0 Å². The molecule has 1 saturated heterocycles. The first-order valence-electron chi connectivity index (χ1n) is 9.65. The molecule has 150 valence electrons. The molecular formula is C23H22O6. The van der Waals surface area contributed by atoms with E-state index in [1.54, 1.807) is 6.08 Å². The maximum atomic E-state index is 13.0. The fraction of sp³-hybridized carbons (Fsp3) is 0.304. The summed E-state index contributed by atoms with van der Waals surface area (Å²) in [6.45, 7) is 0. The largest absolute Gasteiger partial charge is 0.508 e. The average molecular weight is 394 g/mol. The normalized spacial score (nSPS) is 25.9. The summed E-state index contributed by atoms with van der Waals surface area (Å²) < 4.78 is 11.6. The van der Waals surface area contributed by atoms with Crippen molar-refractivity contribution in [2.45, 2.75) is 44.0 Å². The van der Waals surface area contributed by atoms with Crippen LogP contribution in [0.3, 0.4) is 0 Å². The first kappa shape index (κ1) is 19.2. The molecule has 0 spiro atoms. The van der Waals surface area contributed by atoms with E-state index in [1.165, 1.54) is 12.1 Å². The number of phenolic OH excluding ortho intramolecular Hbond substituents is 2. The Morgan fingerprint density at radius 1 is 0.966 bits per heavy atom. The Balaban J connectivity index is 1.71. The molecule has 0 aliphatic carbocycles. The van der Waals surface area contributed by atoms with Crippen LogP contribution >= 0.6 is 0 Å². The molecule has 1 fully saturated rings. The molecule has 0 saturated carbocycles. The summed E-state index contributed by atoms with van der Waals surface area (Å²) in [5.74, 6) is -1.62. The highest BCUT2D eigenvalue weighted by Gasteiger charge is 2.34. The van der Waals surface area contributed by atoms with Gasteiger partial charge in [-0.3, -0.25) is 4.79 Å². The molecular weight excluding hydrogens is 372 g/mol. The van der Waals surface area contributed by atoms with E-state index < -0.39 is 17.8 Å². The molecule has 6 heteroatoms. The second-order valence-electron chi connectivity index (χ2n) is 7.44. The van der Waals surface area contributed by atoms with Gasteiger partial charge in [0, 0.05) is 25.3 Å². The molecule has 3 aliphatic rings. The Morgan fingerprint density at radius 3 is 2.48 bits per heavy atom. The van der Waals surface area contributed by atoms with Gasteiger partial charge in [-0.2, -0.15) is 0 Å². The van der Waals surface area contributed by atoms with Crippen LogP contribution in [0.15, 0.2) is 54.6 Å². The minimum Gasteiger partial charge on any atom is -0.508 e. The number of ketones is 1. The highest BCUT2D eigenvalue weighted by molar-refractivity contribution is 5.98. The van der Waals surface area contributed by atoms with Crippen molar-refractivity contribution in [3.63, 3.8) is 0 Å². The lowest BCUT2D eigenvalue weighted by molar-refractivity contribution is -0.137. The van der Waals surface area contributed by atoms with Crippen LogP contribution in [-0.4, -0.2) is 34.2 Å². The molecule has 3 aliphatic heterocycles. The molecule has 3 heterocycles. The monoisotopic (exact) mass is 394 g/mol. The van der Waals surface area contributed by atoms with Crippen LogP contribution in [-0.2, 0) is 20.7 Å². The number of benzene rings is 2. The molecule has 2 N–H and O–H groups in total. The van der Waals surface area contributed by atoms with Crippen molar-refractivity contribution in [2.24, 2.45) is 0 Å². The molecule has 2 unspecified atom stereocenters. The van der Waals surface area contributed by atoms with Crippen molar-refractivity contribution in [3.8, 4) is 11.5 Å². The van der Waals surface area contributed by atoms with Crippen molar-refractivity contribution in [3.05, 3.63) is 71.3 Å². The molecule has 3 atom stereocenters. The van der Waals surface area contributed by atoms with Crippen molar-refractivity contribution >= 4 is 11.8 Å². The Morgan fingerprint density at radius 2 is 1.72 bits per heavy atom. The summed E-state index contributed by atoms with van der Waals surface area (Å²) in [5.41, 5.74) is 0.957. The second-order valence-corrected chi connectivity index (χ2v) is 7.44. The Hall–Kier alpha value is -3.12. The smallest absolute Gasteiger partial charge is 0.342 e. The molecule has 0 radical (unpaired) electrons. The number of esters is 1. The Labute approximate surface area is 168 Å². The van der Waals surface area contributed by atoms with Crippen molar-refractivity contribution in [1.82, 2.24) is 0 Å². The predicted molar refractivity (Wildman–Crippen MR) is 105 cm³/mol. The van der Waals surface area contributed by atoms with E-state index in [9.17, 15) is 19.8 Å². The van der Waals surface area contributed by atoms with E-state index in [-0.39, 0.29) is 41.3 Å². The third-order valence-corrected chi connectivity index (χ3v) is 5.26. The quantitative estimate of drug-likeness (QED) is 0.718. The highest BCUT2D eigenvalue weighted by Crippen LogP contribution is 2.36. The lowest BCUT2D eigenvalue weighted by Gasteiger charge is -2.37. The average Bonchev–Trinajstić information content (AvgIpc) is 2.64. The van der Waals surface area contributed by atoms with Gasteiger partial charge < -0.3 is 19.7 Å². The SMILES string of the molecule is O=C1/C=C/CC2CC(C[C@H](c3ccccc3)OC(=O)c3c(O)cc(O)cc3C1)O2. The Kier molecular flexibility index (Phi) is 5.36. The Bertz CT molecular complexity index is 943. The third-order valence-electron chi connectivity index (χ3n) is 5.26. The number of carbonyl (C=O) groups is 2. The lowest BCUT2D eigenvalue weighted by atomic mass is 9.93. The number of allylic oxidation sites excluding steroid dienone is 1. The van der Waals surface area contributed by atoms with Gasteiger partial charge in [-0.05, 0) is 29.7 Å². The van der Waals surface area contributed by atoms with Crippen LogP contribution in [0.25, 0.3) is 0 Å². The molecule has 29 heavy (non-hydrogen) atoms. The van der Waals surface area contributed by atoms with Gasteiger partial charge in [0.25, 0.3) is 0 Å². The number of hydrogen-bond acceptors (Lipinski definition) is 6. The summed E-state index contributed by atoms with van der Waals surface area (Å²) in [4.78, 5) is 25.3. The second kappa shape index (κ2) is 8.09. The van der Waals surface area contributed by atoms with E-state index in [0.29, 0.717) is 12.8 Å². The van der Waals surface area contributed by atoms with Crippen molar-refractivity contribution < 1.29 is 29.3 Å². The van der Waals surface area contributed by atoms with Crippen LogP contribution < -0.4 is 0 Å². The fourth-order valence-corrected chi connectivity index (χ4v) is 3.85. The van der Waals surface area contributed by atoms with Crippen LogP contribution in [0.4, 0.5) is 0 Å². The molecule has 6 nitrogen and oxygen atoms in total. The third kappa shape index (κ3) is 4.32. The molecule has 5 rings (SSSR count). The fourth-order valence-electron chi connectivity index (χ4n) is 3.85. The molecule has 0 amide bonds. The molecule has 0 aromatic heterocycles. The molecule has 2 aromatic rings. The van der Waals surface area contributed by atoms with E-state index in [2.05, 4.69) is 0 Å². The molecule has 2 aromatic carbocycles. The highest BCUT2D eigenvalue weighted by atomic mass is 16.6. The number of hydrogen-bond donors (Lipinski definition) is 2. The van der Waals surface area contributed by atoms with E-state index in [4.69, 9.17) is 9.47 Å². The van der Waals surface area contributed by atoms with Crippen LogP contribution in [0.2, 0.25) is 0 Å². The van der Waals surface area contributed by atoms with Gasteiger partial charge in [0.05, 0.1) is 12.2 Å².